The highest BCUT2D eigenvalue weighted by atomic mass is 35.5. The first-order chi connectivity index (χ1) is 9.10. The minimum atomic E-state index is -1.08. The van der Waals surface area contributed by atoms with Crippen molar-refractivity contribution in [2.24, 2.45) is 0 Å². The van der Waals surface area contributed by atoms with Crippen molar-refractivity contribution in [2.75, 3.05) is 11.6 Å². The van der Waals surface area contributed by atoms with Gasteiger partial charge in [0.25, 0.3) is 0 Å². The third-order valence-corrected chi connectivity index (χ3v) is 3.27. The number of anilines is 2. The molecule has 0 aliphatic carbocycles. The number of hydrogen-bond acceptors (Lipinski definition) is 5. The first-order valence-corrected chi connectivity index (χ1v) is 6.87. The first-order valence-electron chi connectivity index (χ1n) is 5.27. The molecule has 1 aromatic carbocycles. The Hall–Kier alpha value is -1.79. The molecule has 2 aromatic rings. The summed E-state index contributed by atoms with van der Waals surface area (Å²) in [5.74, 6) is -0.669. The van der Waals surface area contributed by atoms with Crippen molar-refractivity contribution in [2.45, 2.75) is 5.03 Å². The van der Waals surface area contributed by atoms with Crippen molar-refractivity contribution < 1.29 is 9.90 Å². The van der Waals surface area contributed by atoms with E-state index in [1.807, 2.05) is 6.26 Å². The summed E-state index contributed by atoms with van der Waals surface area (Å²) in [6.07, 6.45) is 3.55. The number of thioether (sulfide) groups is 1. The highest BCUT2D eigenvalue weighted by Gasteiger charge is 2.10. The van der Waals surface area contributed by atoms with Gasteiger partial charge < -0.3 is 10.4 Å². The van der Waals surface area contributed by atoms with Crippen LogP contribution in [0.5, 0.6) is 0 Å². The molecule has 0 aliphatic heterocycles. The fourth-order valence-corrected chi connectivity index (χ4v) is 1.99. The Labute approximate surface area is 119 Å². The molecule has 0 aliphatic rings. The Morgan fingerprint density at radius 3 is 2.89 bits per heavy atom. The Kier molecular flexibility index (Phi) is 4.24. The summed E-state index contributed by atoms with van der Waals surface area (Å²) in [6, 6.07) is 6.43. The van der Waals surface area contributed by atoms with E-state index >= 15 is 0 Å². The molecule has 7 heteroatoms. The molecular formula is C12H10ClN3O2S. The SMILES string of the molecule is CSc1ccnc(Nc2ccc(Cl)c(C(=O)O)c2)n1. The van der Waals surface area contributed by atoms with Gasteiger partial charge in [0.1, 0.15) is 5.03 Å². The fraction of sp³-hybridized carbons (Fsp3) is 0.0833. The van der Waals surface area contributed by atoms with Crippen LogP contribution in [0, 0.1) is 0 Å². The Morgan fingerprint density at radius 1 is 1.42 bits per heavy atom. The van der Waals surface area contributed by atoms with Crippen LogP contribution in [0.15, 0.2) is 35.5 Å². The van der Waals surface area contributed by atoms with Crippen molar-refractivity contribution in [3.05, 3.63) is 41.0 Å². The second-order valence-corrected chi connectivity index (χ2v) is 4.78. The van der Waals surface area contributed by atoms with Crippen LogP contribution in [0.3, 0.4) is 0 Å². The summed E-state index contributed by atoms with van der Waals surface area (Å²) in [5, 5.41) is 13.0. The van der Waals surface area contributed by atoms with Crippen LogP contribution < -0.4 is 5.32 Å². The summed E-state index contributed by atoms with van der Waals surface area (Å²) < 4.78 is 0. The van der Waals surface area contributed by atoms with Gasteiger partial charge in [-0.1, -0.05) is 11.6 Å². The largest absolute Gasteiger partial charge is 0.478 e. The lowest BCUT2D eigenvalue weighted by atomic mass is 10.2. The van der Waals surface area contributed by atoms with Crippen LogP contribution in [0.4, 0.5) is 11.6 Å². The highest BCUT2D eigenvalue weighted by Crippen LogP contribution is 2.22. The van der Waals surface area contributed by atoms with Gasteiger partial charge in [0.15, 0.2) is 0 Å². The van der Waals surface area contributed by atoms with Gasteiger partial charge in [-0.25, -0.2) is 14.8 Å². The van der Waals surface area contributed by atoms with Crippen molar-refractivity contribution in [1.82, 2.24) is 9.97 Å². The number of nitrogens with one attached hydrogen (secondary N) is 1. The van der Waals surface area contributed by atoms with E-state index < -0.39 is 5.97 Å². The van der Waals surface area contributed by atoms with Crippen LogP contribution >= 0.6 is 23.4 Å². The molecular weight excluding hydrogens is 286 g/mol. The molecule has 0 saturated carbocycles. The van der Waals surface area contributed by atoms with E-state index in [0.717, 1.165) is 5.03 Å². The zero-order chi connectivity index (χ0) is 13.8. The third-order valence-electron chi connectivity index (χ3n) is 2.29. The number of aromatic nitrogens is 2. The Morgan fingerprint density at radius 2 is 2.21 bits per heavy atom. The van der Waals surface area contributed by atoms with Gasteiger partial charge in [-0.2, -0.15) is 0 Å². The predicted octanol–water partition coefficient (Wildman–Crippen LogP) is 3.29. The van der Waals surface area contributed by atoms with Crippen LogP contribution in [0.25, 0.3) is 0 Å². The number of aromatic carboxylic acids is 1. The van der Waals surface area contributed by atoms with Gasteiger partial charge in [-0.3, -0.25) is 0 Å². The molecule has 1 aromatic heterocycles. The fourth-order valence-electron chi connectivity index (χ4n) is 1.41. The van der Waals surface area contributed by atoms with E-state index in [2.05, 4.69) is 15.3 Å². The zero-order valence-electron chi connectivity index (χ0n) is 9.92. The van der Waals surface area contributed by atoms with E-state index in [4.69, 9.17) is 16.7 Å². The van der Waals surface area contributed by atoms with Crippen LogP contribution in [0.2, 0.25) is 5.02 Å². The van der Waals surface area contributed by atoms with Crippen molar-refractivity contribution in [3.8, 4) is 0 Å². The predicted molar refractivity (Wildman–Crippen MR) is 75.5 cm³/mol. The molecule has 0 bridgehead atoms. The molecule has 0 fully saturated rings. The van der Waals surface area contributed by atoms with E-state index in [1.165, 1.54) is 23.9 Å². The molecule has 0 unspecified atom stereocenters. The van der Waals surface area contributed by atoms with Crippen LogP contribution in [0.1, 0.15) is 10.4 Å². The molecule has 98 valence electrons. The number of hydrogen-bond donors (Lipinski definition) is 2. The quantitative estimate of drug-likeness (QED) is 0.666. The molecule has 19 heavy (non-hydrogen) atoms. The lowest BCUT2D eigenvalue weighted by molar-refractivity contribution is 0.0697. The summed E-state index contributed by atoms with van der Waals surface area (Å²) in [6.45, 7) is 0. The molecule has 0 radical (unpaired) electrons. The van der Waals surface area contributed by atoms with Gasteiger partial charge in [-0.05, 0) is 30.5 Å². The normalized spacial score (nSPS) is 10.2. The average Bonchev–Trinajstić information content (AvgIpc) is 2.41. The van der Waals surface area contributed by atoms with Crippen LogP contribution in [-0.4, -0.2) is 27.3 Å². The second-order valence-electron chi connectivity index (χ2n) is 3.55. The maximum Gasteiger partial charge on any atom is 0.337 e. The van der Waals surface area contributed by atoms with Crippen molar-refractivity contribution in [3.63, 3.8) is 0 Å². The van der Waals surface area contributed by atoms with Gasteiger partial charge in [0, 0.05) is 11.9 Å². The van der Waals surface area contributed by atoms with Gasteiger partial charge >= 0.3 is 5.97 Å². The topological polar surface area (TPSA) is 75.1 Å². The number of nitrogens with zero attached hydrogens (tertiary/aromatic N) is 2. The first kappa shape index (κ1) is 13.6. The lowest BCUT2D eigenvalue weighted by Gasteiger charge is -2.07. The molecule has 1 heterocycles. The highest BCUT2D eigenvalue weighted by molar-refractivity contribution is 7.98. The number of halogens is 1. The average molecular weight is 296 g/mol. The lowest BCUT2D eigenvalue weighted by Crippen LogP contribution is -2.01. The van der Waals surface area contributed by atoms with Gasteiger partial charge in [-0.15, -0.1) is 11.8 Å². The second kappa shape index (κ2) is 5.90. The minimum Gasteiger partial charge on any atom is -0.478 e. The molecule has 2 N–H and O–H groups in total. The summed E-state index contributed by atoms with van der Waals surface area (Å²) >= 11 is 7.30. The van der Waals surface area contributed by atoms with Gasteiger partial charge in [0.05, 0.1) is 10.6 Å². The maximum atomic E-state index is 11.0. The van der Waals surface area contributed by atoms with E-state index in [0.29, 0.717) is 11.6 Å². The maximum absolute atomic E-state index is 11.0. The zero-order valence-corrected chi connectivity index (χ0v) is 11.5. The molecule has 2 rings (SSSR count). The van der Waals surface area contributed by atoms with E-state index in [9.17, 15) is 4.79 Å². The number of carboxylic acids is 1. The Balaban J connectivity index is 2.28. The molecule has 0 atom stereocenters. The summed E-state index contributed by atoms with van der Waals surface area (Å²) in [7, 11) is 0. The van der Waals surface area contributed by atoms with Crippen molar-refractivity contribution in [1.29, 1.82) is 0 Å². The Bertz CT molecular complexity index is 622. The molecule has 5 nitrogen and oxygen atoms in total. The van der Waals surface area contributed by atoms with Crippen LogP contribution in [-0.2, 0) is 0 Å². The smallest absolute Gasteiger partial charge is 0.337 e. The van der Waals surface area contributed by atoms with E-state index in [-0.39, 0.29) is 10.6 Å². The molecule has 0 amide bonds. The monoisotopic (exact) mass is 295 g/mol. The summed E-state index contributed by atoms with van der Waals surface area (Å²) in [4.78, 5) is 19.3. The number of carboxylic acid groups (broad SMARTS) is 1. The molecule has 0 saturated heterocycles. The minimum absolute atomic E-state index is 0.0349. The third kappa shape index (κ3) is 3.36. The standard InChI is InChI=1S/C12H10ClN3O2S/c1-19-10-4-5-14-12(16-10)15-7-2-3-9(13)8(6-7)11(17)18/h2-6H,1H3,(H,17,18)(H,14,15,16). The number of carbonyl (C=O) groups is 1. The summed E-state index contributed by atoms with van der Waals surface area (Å²) in [5.41, 5.74) is 0.604. The number of benzene rings is 1. The molecule has 0 spiro atoms. The van der Waals surface area contributed by atoms with Gasteiger partial charge in [0.2, 0.25) is 5.95 Å². The van der Waals surface area contributed by atoms with E-state index in [1.54, 1.807) is 18.3 Å². The number of rotatable bonds is 4. The van der Waals surface area contributed by atoms with Crippen molar-refractivity contribution >= 4 is 41.0 Å².